The third-order valence-electron chi connectivity index (χ3n) is 5.24. The van der Waals surface area contributed by atoms with Crippen LogP contribution in [0.25, 0.3) is 0 Å². The van der Waals surface area contributed by atoms with Crippen LogP contribution in [-0.4, -0.2) is 16.8 Å². The topological polar surface area (TPSA) is 116 Å². The van der Waals surface area contributed by atoms with Crippen molar-refractivity contribution < 1.29 is 19.4 Å². The molecule has 2 aromatic rings. The number of aliphatic hydroxyl groups is 1. The molecule has 0 saturated carbocycles. The molecule has 0 radical (unpaired) electrons. The number of anilines is 1. The van der Waals surface area contributed by atoms with Crippen LogP contribution in [0.5, 0.6) is 5.75 Å². The first-order valence-electron chi connectivity index (χ1n) is 8.04. The fourth-order valence-electron chi connectivity index (χ4n) is 3.95. The number of primary amides is 1. The Morgan fingerprint density at radius 3 is 2.56 bits per heavy atom. The zero-order chi connectivity index (χ0) is 18.1. The number of Topliss-reactive ketones (excluding diaryl/α,β-unsaturated/α-hetero) is 1. The van der Waals surface area contributed by atoms with Crippen LogP contribution in [0.15, 0.2) is 36.4 Å². The fourth-order valence-corrected chi connectivity index (χ4v) is 3.95. The van der Waals surface area contributed by atoms with Gasteiger partial charge in [0.15, 0.2) is 5.78 Å². The van der Waals surface area contributed by atoms with Crippen LogP contribution in [0.2, 0.25) is 0 Å². The van der Waals surface area contributed by atoms with Crippen molar-refractivity contribution in [2.75, 3.05) is 5.73 Å². The van der Waals surface area contributed by atoms with Crippen molar-refractivity contribution in [1.29, 1.82) is 0 Å². The van der Waals surface area contributed by atoms with Crippen LogP contribution in [0.3, 0.4) is 0 Å². The number of benzene rings is 2. The molecule has 1 aliphatic carbocycles. The number of nitrogens with two attached hydrogens (primary N) is 2. The van der Waals surface area contributed by atoms with Gasteiger partial charge in [0.2, 0.25) is 11.3 Å². The molecular formula is C19H18N2O4. The Hall–Kier alpha value is -2.86. The highest BCUT2D eigenvalue weighted by Crippen LogP contribution is 2.60. The van der Waals surface area contributed by atoms with E-state index in [1.54, 1.807) is 24.3 Å². The lowest BCUT2D eigenvalue weighted by Gasteiger charge is -2.30. The Labute approximate surface area is 144 Å². The maximum Gasteiger partial charge on any atom is 0.262 e. The summed E-state index contributed by atoms with van der Waals surface area (Å²) in [5.41, 5.74) is 11.2. The van der Waals surface area contributed by atoms with Gasteiger partial charge in [0.25, 0.3) is 5.79 Å². The molecule has 0 aromatic heterocycles. The SMILES string of the molecule is CC(C)c1ccc2c(c1)OC1(O)c3cccc(N)c3C(=O)C21C(N)=O. The van der Waals surface area contributed by atoms with Crippen molar-refractivity contribution in [3.63, 3.8) is 0 Å². The summed E-state index contributed by atoms with van der Waals surface area (Å²) in [6.45, 7) is 4.02. The number of hydrogen-bond acceptors (Lipinski definition) is 5. The molecule has 0 saturated heterocycles. The summed E-state index contributed by atoms with van der Waals surface area (Å²) in [6, 6.07) is 9.85. The van der Waals surface area contributed by atoms with Gasteiger partial charge in [-0.05, 0) is 23.6 Å². The average Bonchev–Trinajstić information content (AvgIpc) is 2.92. The van der Waals surface area contributed by atoms with E-state index in [1.165, 1.54) is 6.07 Å². The number of amides is 1. The first kappa shape index (κ1) is 15.7. The highest BCUT2D eigenvalue weighted by molar-refractivity contribution is 6.25. The van der Waals surface area contributed by atoms with Gasteiger partial charge >= 0.3 is 0 Å². The maximum atomic E-state index is 13.2. The van der Waals surface area contributed by atoms with E-state index < -0.39 is 22.9 Å². The molecule has 2 unspecified atom stereocenters. The Kier molecular flexibility index (Phi) is 2.89. The molecule has 4 rings (SSSR count). The zero-order valence-electron chi connectivity index (χ0n) is 13.9. The van der Waals surface area contributed by atoms with Gasteiger partial charge in [-0.2, -0.15) is 0 Å². The molecule has 5 N–H and O–H groups in total. The summed E-state index contributed by atoms with van der Waals surface area (Å²) in [5, 5.41) is 11.4. The summed E-state index contributed by atoms with van der Waals surface area (Å²) >= 11 is 0. The molecule has 1 amide bonds. The van der Waals surface area contributed by atoms with Gasteiger partial charge in [0.1, 0.15) is 5.75 Å². The average molecular weight is 338 g/mol. The van der Waals surface area contributed by atoms with Crippen molar-refractivity contribution in [3.8, 4) is 5.75 Å². The van der Waals surface area contributed by atoms with Crippen LogP contribution >= 0.6 is 0 Å². The summed E-state index contributed by atoms with van der Waals surface area (Å²) < 4.78 is 5.80. The molecule has 6 heteroatoms. The number of nitrogen functional groups attached to an aromatic ring is 1. The lowest BCUT2D eigenvalue weighted by atomic mass is 9.73. The van der Waals surface area contributed by atoms with Gasteiger partial charge in [0.05, 0.1) is 5.56 Å². The second-order valence-corrected chi connectivity index (χ2v) is 6.87. The van der Waals surface area contributed by atoms with Gasteiger partial charge in [-0.15, -0.1) is 0 Å². The highest BCUT2D eigenvalue weighted by atomic mass is 16.6. The molecule has 6 nitrogen and oxygen atoms in total. The molecule has 0 spiro atoms. The van der Waals surface area contributed by atoms with E-state index in [2.05, 4.69) is 0 Å². The lowest BCUT2D eigenvalue weighted by molar-refractivity contribution is -0.172. The lowest BCUT2D eigenvalue weighted by Crippen LogP contribution is -2.57. The molecule has 1 aliphatic heterocycles. The summed E-state index contributed by atoms with van der Waals surface area (Å²) in [6.07, 6.45) is 0. The number of fused-ring (bicyclic) bond motifs is 5. The second kappa shape index (κ2) is 4.61. The molecule has 2 aliphatic rings. The monoisotopic (exact) mass is 338 g/mol. The maximum absolute atomic E-state index is 13.2. The minimum absolute atomic E-state index is 0.0855. The second-order valence-electron chi connectivity index (χ2n) is 6.87. The minimum Gasteiger partial charge on any atom is -0.456 e. The number of ether oxygens (including phenoxy) is 1. The third kappa shape index (κ3) is 1.57. The van der Waals surface area contributed by atoms with E-state index in [0.717, 1.165) is 5.56 Å². The number of carbonyl (C=O) groups excluding carboxylic acids is 2. The summed E-state index contributed by atoms with van der Waals surface area (Å²) in [5.74, 6) is -3.29. The number of carbonyl (C=O) groups is 2. The first-order valence-corrected chi connectivity index (χ1v) is 8.04. The van der Waals surface area contributed by atoms with Crippen molar-refractivity contribution in [3.05, 3.63) is 58.7 Å². The Morgan fingerprint density at radius 1 is 1.20 bits per heavy atom. The number of rotatable bonds is 2. The van der Waals surface area contributed by atoms with Gasteiger partial charge < -0.3 is 21.3 Å². The molecule has 2 aromatic carbocycles. The van der Waals surface area contributed by atoms with E-state index in [1.807, 2.05) is 19.9 Å². The molecule has 1 heterocycles. The van der Waals surface area contributed by atoms with Gasteiger partial charge in [-0.3, -0.25) is 9.59 Å². The van der Waals surface area contributed by atoms with E-state index >= 15 is 0 Å². The van der Waals surface area contributed by atoms with Crippen LogP contribution in [-0.2, 0) is 16.0 Å². The van der Waals surface area contributed by atoms with Crippen LogP contribution in [0.1, 0.15) is 46.8 Å². The molecular weight excluding hydrogens is 320 g/mol. The third-order valence-corrected chi connectivity index (χ3v) is 5.24. The van der Waals surface area contributed by atoms with Gasteiger partial charge in [-0.1, -0.05) is 38.1 Å². The normalized spacial score (nSPS) is 26.2. The van der Waals surface area contributed by atoms with E-state index in [-0.39, 0.29) is 34.0 Å². The van der Waals surface area contributed by atoms with E-state index in [0.29, 0.717) is 0 Å². The molecule has 2 atom stereocenters. The van der Waals surface area contributed by atoms with E-state index in [9.17, 15) is 14.7 Å². The van der Waals surface area contributed by atoms with Gasteiger partial charge in [0, 0.05) is 16.8 Å². The molecule has 0 fully saturated rings. The molecule has 0 bridgehead atoms. The largest absolute Gasteiger partial charge is 0.456 e. The standard InChI is InChI=1S/C19H18N2O4/c1-9(2)10-6-7-11-14(8-10)25-19(24)12-4-3-5-13(20)15(12)16(22)18(11,19)17(21)23/h3-9,24H,20H2,1-2H3,(H2,21,23). The molecule has 25 heavy (non-hydrogen) atoms. The zero-order valence-corrected chi connectivity index (χ0v) is 13.9. The van der Waals surface area contributed by atoms with Crippen LogP contribution in [0, 0.1) is 0 Å². The van der Waals surface area contributed by atoms with Crippen LogP contribution < -0.4 is 16.2 Å². The molecule has 128 valence electrons. The highest BCUT2D eigenvalue weighted by Gasteiger charge is 2.74. The number of ketones is 1. The van der Waals surface area contributed by atoms with Crippen LogP contribution in [0.4, 0.5) is 5.69 Å². The van der Waals surface area contributed by atoms with Crippen molar-refractivity contribution >= 4 is 17.4 Å². The summed E-state index contributed by atoms with van der Waals surface area (Å²) in [7, 11) is 0. The minimum atomic E-state index is -2.20. The van der Waals surface area contributed by atoms with Crippen molar-refractivity contribution in [1.82, 2.24) is 0 Å². The fraction of sp³-hybridized carbons (Fsp3) is 0.263. The quantitative estimate of drug-likeness (QED) is 0.567. The van der Waals surface area contributed by atoms with E-state index in [4.69, 9.17) is 16.2 Å². The van der Waals surface area contributed by atoms with Crippen molar-refractivity contribution in [2.24, 2.45) is 5.73 Å². The summed E-state index contributed by atoms with van der Waals surface area (Å²) in [4.78, 5) is 25.7. The van der Waals surface area contributed by atoms with Gasteiger partial charge in [-0.25, -0.2) is 0 Å². The van der Waals surface area contributed by atoms with Crippen molar-refractivity contribution in [2.45, 2.75) is 31.0 Å². The predicted octanol–water partition coefficient (Wildman–Crippen LogP) is 1.55. The Bertz CT molecular complexity index is 952. The predicted molar refractivity (Wildman–Crippen MR) is 91.1 cm³/mol. The Morgan fingerprint density at radius 2 is 1.92 bits per heavy atom. The number of hydrogen-bond donors (Lipinski definition) is 3. The first-order chi connectivity index (χ1) is 11.7. The smallest absolute Gasteiger partial charge is 0.262 e. The Balaban J connectivity index is 2.06.